The molecule has 7 nitrogen and oxygen atoms in total. The van der Waals surface area contributed by atoms with Gasteiger partial charge in [0, 0.05) is 38.3 Å². The number of rotatable bonds is 4. The minimum absolute atomic E-state index is 0.0425. The molecule has 0 radical (unpaired) electrons. The fourth-order valence-corrected chi connectivity index (χ4v) is 4.87. The maximum atomic E-state index is 11.6. The van der Waals surface area contributed by atoms with Crippen molar-refractivity contribution in [1.82, 2.24) is 14.9 Å². The maximum absolute atomic E-state index is 11.6. The largest absolute Gasteiger partial charge is 0.366 e. The third kappa shape index (κ3) is 4.11. The fourth-order valence-electron chi connectivity index (χ4n) is 3.20. The molecule has 1 atom stereocenters. The van der Waals surface area contributed by atoms with Crippen molar-refractivity contribution in [3.05, 3.63) is 11.9 Å². The molecule has 23 heavy (non-hydrogen) atoms. The predicted octanol–water partition coefficient (Wildman–Crippen LogP) is 0.526. The van der Waals surface area contributed by atoms with E-state index >= 15 is 0 Å². The van der Waals surface area contributed by atoms with Crippen LogP contribution in [0.3, 0.4) is 0 Å². The summed E-state index contributed by atoms with van der Waals surface area (Å²) in [6.45, 7) is 9.15. The molecule has 128 valence electrons. The number of piperazine rings is 1. The van der Waals surface area contributed by atoms with Gasteiger partial charge >= 0.3 is 0 Å². The molecular formula is C15H25N5O2S. The summed E-state index contributed by atoms with van der Waals surface area (Å²) in [5.74, 6) is 2.83. The minimum atomic E-state index is -2.89. The summed E-state index contributed by atoms with van der Waals surface area (Å²) in [4.78, 5) is 13.7. The molecule has 0 amide bonds. The SMILES string of the molecule is CCN1CCN(c2cc(NC3CCS(=O)(=O)C3)nc(C)n2)CC1. The van der Waals surface area contributed by atoms with E-state index in [2.05, 4.69) is 32.0 Å². The molecule has 0 aliphatic carbocycles. The Morgan fingerprint density at radius 3 is 2.61 bits per heavy atom. The molecule has 2 fully saturated rings. The number of sulfone groups is 1. The van der Waals surface area contributed by atoms with E-state index in [1.54, 1.807) is 0 Å². The average molecular weight is 339 g/mol. The molecule has 2 saturated heterocycles. The molecule has 1 aromatic heterocycles. The number of aryl methyl sites for hydroxylation is 1. The fraction of sp³-hybridized carbons (Fsp3) is 0.733. The molecule has 1 aromatic rings. The van der Waals surface area contributed by atoms with Gasteiger partial charge in [0.25, 0.3) is 0 Å². The van der Waals surface area contributed by atoms with Gasteiger partial charge in [-0.05, 0) is 19.9 Å². The number of nitrogens with zero attached hydrogens (tertiary/aromatic N) is 4. The highest BCUT2D eigenvalue weighted by atomic mass is 32.2. The van der Waals surface area contributed by atoms with Gasteiger partial charge in [-0.3, -0.25) is 0 Å². The van der Waals surface area contributed by atoms with E-state index in [9.17, 15) is 8.42 Å². The molecule has 1 N–H and O–H groups in total. The topological polar surface area (TPSA) is 78.4 Å². The van der Waals surface area contributed by atoms with Gasteiger partial charge in [-0.15, -0.1) is 0 Å². The van der Waals surface area contributed by atoms with E-state index in [-0.39, 0.29) is 17.5 Å². The molecule has 0 saturated carbocycles. The van der Waals surface area contributed by atoms with Gasteiger partial charge in [-0.2, -0.15) is 0 Å². The number of hydrogen-bond donors (Lipinski definition) is 1. The van der Waals surface area contributed by atoms with E-state index < -0.39 is 9.84 Å². The second kappa shape index (κ2) is 6.60. The summed E-state index contributed by atoms with van der Waals surface area (Å²) in [5, 5.41) is 3.27. The molecule has 8 heteroatoms. The van der Waals surface area contributed by atoms with Crippen molar-refractivity contribution in [1.29, 1.82) is 0 Å². The van der Waals surface area contributed by atoms with Crippen molar-refractivity contribution in [3.63, 3.8) is 0 Å². The van der Waals surface area contributed by atoms with Crippen molar-refractivity contribution in [2.75, 3.05) is 54.4 Å². The molecule has 0 aromatic carbocycles. The van der Waals surface area contributed by atoms with E-state index in [0.717, 1.165) is 44.4 Å². The zero-order valence-electron chi connectivity index (χ0n) is 13.8. The number of hydrogen-bond acceptors (Lipinski definition) is 7. The van der Waals surface area contributed by atoms with Crippen molar-refractivity contribution in [2.45, 2.75) is 26.3 Å². The lowest BCUT2D eigenvalue weighted by atomic mass is 10.2. The summed E-state index contributed by atoms with van der Waals surface area (Å²) in [5.41, 5.74) is 0. The van der Waals surface area contributed by atoms with Crippen molar-refractivity contribution >= 4 is 21.5 Å². The summed E-state index contributed by atoms with van der Waals surface area (Å²) >= 11 is 0. The lowest BCUT2D eigenvalue weighted by molar-refractivity contribution is 0.270. The first-order valence-corrected chi connectivity index (χ1v) is 10.1. The maximum Gasteiger partial charge on any atom is 0.152 e. The lowest BCUT2D eigenvalue weighted by Gasteiger charge is -2.35. The number of nitrogens with one attached hydrogen (secondary N) is 1. The van der Waals surface area contributed by atoms with Crippen molar-refractivity contribution in [2.24, 2.45) is 0 Å². The monoisotopic (exact) mass is 339 g/mol. The highest BCUT2D eigenvalue weighted by Crippen LogP contribution is 2.21. The molecule has 2 aliphatic heterocycles. The Hall–Kier alpha value is -1.41. The van der Waals surface area contributed by atoms with Crippen LogP contribution in [-0.2, 0) is 9.84 Å². The Balaban J connectivity index is 1.70. The quantitative estimate of drug-likeness (QED) is 0.857. The van der Waals surface area contributed by atoms with E-state index in [4.69, 9.17) is 0 Å². The third-order valence-corrected chi connectivity index (χ3v) is 6.32. The predicted molar refractivity (Wildman–Crippen MR) is 91.8 cm³/mol. The molecule has 3 rings (SSSR count). The summed E-state index contributed by atoms with van der Waals surface area (Å²) in [7, 11) is -2.89. The molecule has 0 bridgehead atoms. The molecule has 0 spiro atoms. The summed E-state index contributed by atoms with van der Waals surface area (Å²) in [6, 6.07) is 1.90. The van der Waals surface area contributed by atoms with Gasteiger partial charge in [0.2, 0.25) is 0 Å². The molecular weight excluding hydrogens is 314 g/mol. The Morgan fingerprint density at radius 1 is 1.26 bits per heavy atom. The Kier molecular flexibility index (Phi) is 4.72. The Morgan fingerprint density at radius 2 is 2.00 bits per heavy atom. The summed E-state index contributed by atoms with van der Waals surface area (Å²) in [6.07, 6.45) is 0.649. The van der Waals surface area contributed by atoms with Gasteiger partial charge in [-0.25, -0.2) is 18.4 Å². The zero-order chi connectivity index (χ0) is 16.4. The van der Waals surface area contributed by atoms with E-state index in [1.165, 1.54) is 0 Å². The zero-order valence-corrected chi connectivity index (χ0v) is 14.6. The van der Waals surface area contributed by atoms with Crippen LogP contribution in [0.5, 0.6) is 0 Å². The molecule has 1 unspecified atom stereocenters. The minimum Gasteiger partial charge on any atom is -0.366 e. The average Bonchev–Trinajstić information content (AvgIpc) is 2.85. The molecule has 3 heterocycles. The number of aromatic nitrogens is 2. The Labute approximate surface area is 138 Å². The number of anilines is 2. The van der Waals surface area contributed by atoms with Gasteiger partial charge in [0.05, 0.1) is 11.5 Å². The van der Waals surface area contributed by atoms with Crippen molar-refractivity contribution in [3.8, 4) is 0 Å². The van der Waals surface area contributed by atoms with Crippen LogP contribution < -0.4 is 10.2 Å². The highest BCUT2D eigenvalue weighted by Gasteiger charge is 2.28. The second-order valence-electron chi connectivity index (χ2n) is 6.32. The van der Waals surface area contributed by atoms with Crippen LogP contribution in [-0.4, -0.2) is 73.6 Å². The van der Waals surface area contributed by atoms with Crippen LogP contribution in [0.1, 0.15) is 19.2 Å². The number of likely N-dealkylation sites (N-methyl/N-ethyl adjacent to an activating group) is 1. The first-order chi connectivity index (χ1) is 10.9. The normalized spacial score (nSPS) is 24.8. The van der Waals surface area contributed by atoms with Crippen molar-refractivity contribution < 1.29 is 8.42 Å². The van der Waals surface area contributed by atoms with Crippen LogP contribution in [0.2, 0.25) is 0 Å². The first kappa shape index (κ1) is 16.4. The van der Waals surface area contributed by atoms with Crippen LogP contribution >= 0.6 is 0 Å². The standard InChI is InChI=1S/C15H25N5O2S/c1-3-19-5-7-20(8-6-19)15-10-14(16-12(2)17-15)18-13-4-9-23(21,22)11-13/h10,13H,3-9,11H2,1-2H3,(H,16,17,18). The van der Waals surface area contributed by atoms with E-state index in [0.29, 0.717) is 12.2 Å². The van der Waals surface area contributed by atoms with Gasteiger partial charge in [0.15, 0.2) is 9.84 Å². The van der Waals surface area contributed by atoms with Crippen LogP contribution in [0, 0.1) is 6.92 Å². The highest BCUT2D eigenvalue weighted by molar-refractivity contribution is 7.91. The van der Waals surface area contributed by atoms with Gasteiger partial charge in [0.1, 0.15) is 17.5 Å². The lowest BCUT2D eigenvalue weighted by Crippen LogP contribution is -2.46. The van der Waals surface area contributed by atoms with Crippen LogP contribution in [0.15, 0.2) is 6.07 Å². The Bertz CT molecular complexity index is 656. The first-order valence-electron chi connectivity index (χ1n) is 8.25. The van der Waals surface area contributed by atoms with Crippen LogP contribution in [0.4, 0.5) is 11.6 Å². The van der Waals surface area contributed by atoms with Gasteiger partial charge in [-0.1, -0.05) is 6.92 Å². The van der Waals surface area contributed by atoms with E-state index in [1.807, 2.05) is 13.0 Å². The smallest absolute Gasteiger partial charge is 0.152 e. The third-order valence-electron chi connectivity index (χ3n) is 4.55. The van der Waals surface area contributed by atoms with Gasteiger partial charge < -0.3 is 15.1 Å². The molecule has 2 aliphatic rings. The van der Waals surface area contributed by atoms with Crippen LogP contribution in [0.25, 0.3) is 0 Å². The second-order valence-corrected chi connectivity index (χ2v) is 8.55. The summed E-state index contributed by atoms with van der Waals surface area (Å²) < 4.78 is 23.2.